The van der Waals surface area contributed by atoms with E-state index >= 15 is 0 Å². The molecule has 1 aliphatic heterocycles. The average Bonchev–Trinajstić information content (AvgIpc) is 2.81. The molecule has 0 saturated carbocycles. The Balaban J connectivity index is 1.97. The highest BCUT2D eigenvalue weighted by Crippen LogP contribution is 2.27. The molecule has 1 fully saturated rings. The van der Waals surface area contributed by atoms with E-state index in [1.807, 2.05) is 23.9 Å². The number of carbonyl (C=O) groups excluding carboxylic acids is 1. The van der Waals surface area contributed by atoms with Gasteiger partial charge in [0.15, 0.2) is 0 Å². The highest BCUT2D eigenvalue weighted by atomic mass is 16.1. The second-order valence-electron chi connectivity index (χ2n) is 5.05. The summed E-state index contributed by atoms with van der Waals surface area (Å²) in [4.78, 5) is 22.2. The second-order valence-corrected chi connectivity index (χ2v) is 5.05. The van der Waals surface area contributed by atoms with Crippen molar-refractivity contribution in [1.82, 2.24) is 14.5 Å². The normalized spacial score (nSPS) is 19.8. The SMILES string of the molecule is Cn1ccc2c(N3CCCC(C(N)=O)C3)ncnc21. The maximum Gasteiger partial charge on any atom is 0.222 e. The fraction of sp³-hybridized carbons (Fsp3) is 0.462. The quantitative estimate of drug-likeness (QED) is 0.860. The number of rotatable bonds is 2. The van der Waals surface area contributed by atoms with Gasteiger partial charge in [-0.1, -0.05) is 0 Å². The van der Waals surface area contributed by atoms with Gasteiger partial charge in [-0.25, -0.2) is 9.97 Å². The molecular weight excluding hydrogens is 242 g/mol. The van der Waals surface area contributed by atoms with Crippen molar-refractivity contribution in [2.75, 3.05) is 18.0 Å². The molecule has 0 aromatic carbocycles. The number of amides is 1. The highest BCUT2D eigenvalue weighted by Gasteiger charge is 2.26. The van der Waals surface area contributed by atoms with Gasteiger partial charge in [0.05, 0.1) is 11.3 Å². The molecule has 6 nitrogen and oxygen atoms in total. The van der Waals surface area contributed by atoms with E-state index in [9.17, 15) is 4.79 Å². The fourth-order valence-electron chi connectivity index (χ4n) is 2.72. The van der Waals surface area contributed by atoms with E-state index in [2.05, 4.69) is 14.9 Å². The topological polar surface area (TPSA) is 77.0 Å². The average molecular weight is 259 g/mol. The predicted molar refractivity (Wildman–Crippen MR) is 72.6 cm³/mol. The first-order valence-electron chi connectivity index (χ1n) is 6.47. The van der Waals surface area contributed by atoms with Gasteiger partial charge in [-0.05, 0) is 18.9 Å². The predicted octanol–water partition coefficient (Wildman–Crippen LogP) is 0.670. The van der Waals surface area contributed by atoms with Gasteiger partial charge in [0.2, 0.25) is 5.91 Å². The van der Waals surface area contributed by atoms with E-state index in [4.69, 9.17) is 5.73 Å². The zero-order chi connectivity index (χ0) is 13.4. The summed E-state index contributed by atoms with van der Waals surface area (Å²) in [7, 11) is 1.96. The third-order valence-corrected chi connectivity index (χ3v) is 3.76. The molecule has 0 bridgehead atoms. The van der Waals surface area contributed by atoms with Crippen LogP contribution in [0.25, 0.3) is 11.0 Å². The van der Waals surface area contributed by atoms with Gasteiger partial charge >= 0.3 is 0 Å². The molecule has 1 aliphatic rings. The van der Waals surface area contributed by atoms with E-state index < -0.39 is 0 Å². The number of nitrogens with zero attached hydrogens (tertiary/aromatic N) is 4. The van der Waals surface area contributed by atoms with Crippen LogP contribution in [-0.2, 0) is 11.8 Å². The standard InChI is InChI=1S/C13H17N5O/c1-17-6-4-10-12(17)15-8-16-13(10)18-5-2-3-9(7-18)11(14)19/h4,6,8-9H,2-3,5,7H2,1H3,(H2,14,19). The van der Waals surface area contributed by atoms with Gasteiger partial charge in [-0.3, -0.25) is 4.79 Å². The van der Waals surface area contributed by atoms with Crippen molar-refractivity contribution in [2.24, 2.45) is 18.7 Å². The molecule has 19 heavy (non-hydrogen) atoms. The molecular formula is C13H17N5O. The number of carbonyl (C=O) groups is 1. The molecule has 6 heteroatoms. The van der Waals surface area contributed by atoms with Gasteiger partial charge in [0.25, 0.3) is 0 Å². The summed E-state index contributed by atoms with van der Waals surface area (Å²) < 4.78 is 1.97. The summed E-state index contributed by atoms with van der Waals surface area (Å²) in [5.74, 6) is 0.599. The minimum Gasteiger partial charge on any atom is -0.369 e. The van der Waals surface area contributed by atoms with E-state index in [1.165, 1.54) is 0 Å². The Morgan fingerprint density at radius 3 is 3.11 bits per heavy atom. The van der Waals surface area contributed by atoms with Crippen molar-refractivity contribution in [2.45, 2.75) is 12.8 Å². The summed E-state index contributed by atoms with van der Waals surface area (Å²) >= 11 is 0. The maximum atomic E-state index is 11.4. The largest absolute Gasteiger partial charge is 0.369 e. The van der Waals surface area contributed by atoms with E-state index in [0.29, 0.717) is 6.54 Å². The number of aryl methyl sites for hydroxylation is 1. The van der Waals surface area contributed by atoms with Crippen LogP contribution in [0.3, 0.4) is 0 Å². The van der Waals surface area contributed by atoms with Gasteiger partial charge in [-0.2, -0.15) is 0 Å². The van der Waals surface area contributed by atoms with Crippen molar-refractivity contribution in [1.29, 1.82) is 0 Å². The Bertz CT molecular complexity index is 621. The van der Waals surface area contributed by atoms with Crippen LogP contribution in [0.4, 0.5) is 5.82 Å². The fourth-order valence-corrected chi connectivity index (χ4v) is 2.72. The van der Waals surface area contributed by atoms with Crippen LogP contribution in [-0.4, -0.2) is 33.5 Å². The molecule has 1 atom stereocenters. The van der Waals surface area contributed by atoms with Crippen LogP contribution in [0.2, 0.25) is 0 Å². The van der Waals surface area contributed by atoms with Gasteiger partial charge in [0.1, 0.15) is 17.8 Å². The van der Waals surface area contributed by atoms with Gasteiger partial charge < -0.3 is 15.2 Å². The van der Waals surface area contributed by atoms with Crippen LogP contribution < -0.4 is 10.6 Å². The molecule has 3 heterocycles. The van der Waals surface area contributed by atoms with Crippen molar-refractivity contribution < 1.29 is 4.79 Å². The monoisotopic (exact) mass is 259 g/mol. The summed E-state index contributed by atoms with van der Waals surface area (Å²) in [6.45, 7) is 1.56. The lowest BCUT2D eigenvalue weighted by Crippen LogP contribution is -2.41. The first kappa shape index (κ1) is 12.0. The zero-order valence-corrected chi connectivity index (χ0v) is 10.9. The molecule has 100 valence electrons. The Morgan fingerprint density at radius 2 is 2.32 bits per heavy atom. The second kappa shape index (κ2) is 4.53. The van der Waals surface area contributed by atoms with Crippen molar-refractivity contribution in [3.8, 4) is 0 Å². The van der Waals surface area contributed by atoms with Crippen LogP contribution in [0.15, 0.2) is 18.6 Å². The molecule has 2 N–H and O–H groups in total. The Labute approximate surface area is 111 Å². The third kappa shape index (κ3) is 2.03. The summed E-state index contributed by atoms with van der Waals surface area (Å²) in [6.07, 6.45) is 5.38. The van der Waals surface area contributed by atoms with Crippen molar-refractivity contribution >= 4 is 22.8 Å². The van der Waals surface area contributed by atoms with Crippen LogP contribution in [0.5, 0.6) is 0 Å². The highest BCUT2D eigenvalue weighted by molar-refractivity contribution is 5.88. The zero-order valence-electron chi connectivity index (χ0n) is 10.9. The Hall–Kier alpha value is -2.11. The van der Waals surface area contributed by atoms with Crippen LogP contribution >= 0.6 is 0 Å². The lowest BCUT2D eigenvalue weighted by atomic mass is 9.97. The number of piperidine rings is 1. The third-order valence-electron chi connectivity index (χ3n) is 3.76. The molecule has 2 aromatic heterocycles. The molecule has 0 spiro atoms. The molecule has 0 radical (unpaired) electrons. The number of anilines is 1. The molecule has 1 unspecified atom stereocenters. The molecule has 1 amide bonds. The minimum atomic E-state index is -0.219. The molecule has 1 saturated heterocycles. The number of hydrogen-bond acceptors (Lipinski definition) is 4. The van der Waals surface area contributed by atoms with E-state index in [-0.39, 0.29) is 11.8 Å². The first-order chi connectivity index (χ1) is 9.16. The maximum absolute atomic E-state index is 11.4. The molecule has 0 aliphatic carbocycles. The smallest absolute Gasteiger partial charge is 0.222 e. The minimum absolute atomic E-state index is 0.0810. The Kier molecular flexibility index (Phi) is 2.85. The number of fused-ring (bicyclic) bond motifs is 1. The van der Waals surface area contributed by atoms with Gasteiger partial charge in [-0.15, -0.1) is 0 Å². The number of primary amides is 1. The lowest BCUT2D eigenvalue weighted by molar-refractivity contribution is -0.122. The first-order valence-corrected chi connectivity index (χ1v) is 6.47. The lowest BCUT2D eigenvalue weighted by Gasteiger charge is -2.32. The molecule has 3 rings (SSSR count). The van der Waals surface area contributed by atoms with Crippen molar-refractivity contribution in [3.63, 3.8) is 0 Å². The van der Waals surface area contributed by atoms with E-state index in [1.54, 1.807) is 6.33 Å². The van der Waals surface area contributed by atoms with Gasteiger partial charge in [0, 0.05) is 26.3 Å². The molecule has 2 aromatic rings. The number of hydrogen-bond donors (Lipinski definition) is 1. The number of nitrogens with two attached hydrogens (primary N) is 1. The Morgan fingerprint density at radius 1 is 1.47 bits per heavy atom. The van der Waals surface area contributed by atoms with E-state index in [0.717, 1.165) is 36.2 Å². The summed E-state index contributed by atoms with van der Waals surface area (Å²) in [5.41, 5.74) is 6.33. The van der Waals surface area contributed by atoms with Crippen LogP contribution in [0.1, 0.15) is 12.8 Å². The summed E-state index contributed by atoms with van der Waals surface area (Å²) in [5, 5.41) is 1.02. The number of aromatic nitrogens is 3. The van der Waals surface area contributed by atoms with Crippen LogP contribution in [0, 0.1) is 5.92 Å². The summed E-state index contributed by atoms with van der Waals surface area (Å²) in [6, 6.07) is 2.01. The van der Waals surface area contributed by atoms with Crippen molar-refractivity contribution in [3.05, 3.63) is 18.6 Å².